The smallest absolute Gasteiger partial charge is 0.235 e. The second-order valence-corrected chi connectivity index (χ2v) is 3.73. The van der Waals surface area contributed by atoms with Crippen LogP contribution >= 0.6 is 0 Å². The molecule has 84 valence electrons. The first-order valence-corrected chi connectivity index (χ1v) is 5.01. The summed E-state index contributed by atoms with van der Waals surface area (Å²) in [5.41, 5.74) is 1.41. The highest BCUT2D eigenvalue weighted by Crippen LogP contribution is 2.35. The Morgan fingerprint density at radius 1 is 1.25 bits per heavy atom. The van der Waals surface area contributed by atoms with Crippen molar-refractivity contribution in [3.63, 3.8) is 0 Å². The van der Waals surface area contributed by atoms with Gasteiger partial charge in [-0.15, -0.1) is 0 Å². The Labute approximate surface area is 93.0 Å². The minimum absolute atomic E-state index is 0.0287. The van der Waals surface area contributed by atoms with E-state index in [1.807, 2.05) is 30.3 Å². The molecule has 1 aromatic carbocycles. The number of benzene rings is 1. The Kier molecular flexibility index (Phi) is 2.88. The van der Waals surface area contributed by atoms with Gasteiger partial charge in [-0.2, -0.15) is 0 Å². The molecule has 1 atom stereocenters. The van der Waals surface area contributed by atoms with E-state index >= 15 is 0 Å². The van der Waals surface area contributed by atoms with E-state index in [9.17, 15) is 8.78 Å². The van der Waals surface area contributed by atoms with E-state index < -0.39 is 11.7 Å². The molecule has 0 aromatic heterocycles. The molecule has 1 aromatic rings. The number of alkyl halides is 1. The molecule has 0 aliphatic heterocycles. The zero-order chi connectivity index (χ0) is 11.6. The van der Waals surface area contributed by atoms with Crippen molar-refractivity contribution in [2.45, 2.75) is 12.3 Å². The minimum atomic E-state index is -2.04. The van der Waals surface area contributed by atoms with Crippen molar-refractivity contribution in [2.75, 3.05) is 7.11 Å². The van der Waals surface area contributed by atoms with Gasteiger partial charge in [-0.1, -0.05) is 30.3 Å². The van der Waals surface area contributed by atoms with Gasteiger partial charge in [0.15, 0.2) is 0 Å². The average molecular weight is 222 g/mol. The summed E-state index contributed by atoms with van der Waals surface area (Å²) in [6, 6.07) is 9.16. The molecule has 0 saturated heterocycles. The molecule has 1 nitrogen and oxygen atoms in total. The second-order valence-electron chi connectivity index (χ2n) is 3.73. The van der Waals surface area contributed by atoms with Crippen molar-refractivity contribution in [1.29, 1.82) is 0 Å². The molecule has 1 unspecified atom stereocenters. The number of hydrogen-bond acceptors (Lipinski definition) is 1. The Hall–Kier alpha value is -1.48. The maximum atomic E-state index is 13.9. The van der Waals surface area contributed by atoms with E-state index in [-0.39, 0.29) is 6.42 Å². The predicted octanol–water partition coefficient (Wildman–Crippen LogP) is 3.64. The van der Waals surface area contributed by atoms with Crippen molar-refractivity contribution >= 4 is 5.57 Å². The fourth-order valence-electron chi connectivity index (χ4n) is 1.74. The molecule has 0 spiro atoms. The van der Waals surface area contributed by atoms with Gasteiger partial charge in [-0.05, 0) is 17.2 Å². The lowest BCUT2D eigenvalue weighted by Crippen LogP contribution is -2.25. The van der Waals surface area contributed by atoms with Crippen LogP contribution in [-0.4, -0.2) is 13.0 Å². The standard InChI is InChI=1S/C13H12F2O/c1-16-13(15)8-11(7-12(14)9-13)10-5-3-2-4-6-10/h2-7,9H,8H2,1H3. The Bertz CT molecular complexity index is 437. The van der Waals surface area contributed by atoms with Gasteiger partial charge in [-0.3, -0.25) is 0 Å². The highest BCUT2D eigenvalue weighted by atomic mass is 19.2. The average Bonchev–Trinajstić information content (AvgIpc) is 2.29. The first-order chi connectivity index (χ1) is 7.63. The van der Waals surface area contributed by atoms with Gasteiger partial charge in [0.2, 0.25) is 5.85 Å². The SMILES string of the molecule is COC1(F)C=C(F)C=C(c2ccccc2)C1. The summed E-state index contributed by atoms with van der Waals surface area (Å²) in [7, 11) is 1.23. The van der Waals surface area contributed by atoms with E-state index in [4.69, 9.17) is 0 Å². The third kappa shape index (κ3) is 2.19. The van der Waals surface area contributed by atoms with Crippen LogP contribution in [0.15, 0.2) is 48.3 Å². The maximum absolute atomic E-state index is 13.9. The van der Waals surface area contributed by atoms with Crippen molar-refractivity contribution in [3.05, 3.63) is 53.9 Å². The number of hydrogen-bond donors (Lipinski definition) is 0. The third-order valence-electron chi connectivity index (χ3n) is 2.58. The molecule has 1 aliphatic carbocycles. The van der Waals surface area contributed by atoms with Crippen LogP contribution in [0.1, 0.15) is 12.0 Å². The highest BCUT2D eigenvalue weighted by molar-refractivity contribution is 5.70. The molecule has 3 heteroatoms. The number of halogens is 2. The van der Waals surface area contributed by atoms with Gasteiger partial charge >= 0.3 is 0 Å². The van der Waals surface area contributed by atoms with Crippen LogP contribution in [0.25, 0.3) is 5.57 Å². The molecule has 16 heavy (non-hydrogen) atoms. The minimum Gasteiger partial charge on any atom is -0.346 e. The molecule has 0 amide bonds. The molecule has 2 rings (SSSR count). The van der Waals surface area contributed by atoms with Crippen molar-refractivity contribution in [2.24, 2.45) is 0 Å². The summed E-state index contributed by atoms with van der Waals surface area (Å²) in [4.78, 5) is 0. The first-order valence-electron chi connectivity index (χ1n) is 5.01. The van der Waals surface area contributed by atoms with Crippen molar-refractivity contribution < 1.29 is 13.5 Å². The topological polar surface area (TPSA) is 9.23 Å². The molecule has 0 fully saturated rings. The first kappa shape index (κ1) is 11.0. The molecule has 0 saturated carbocycles. The van der Waals surface area contributed by atoms with Gasteiger partial charge in [0.05, 0.1) is 0 Å². The summed E-state index contributed by atoms with van der Waals surface area (Å²) in [5, 5.41) is 0. The van der Waals surface area contributed by atoms with Gasteiger partial charge in [-0.25, -0.2) is 8.78 Å². The van der Waals surface area contributed by atoms with Gasteiger partial charge in [0.25, 0.3) is 0 Å². The fraction of sp³-hybridized carbons (Fsp3) is 0.231. The van der Waals surface area contributed by atoms with Crippen molar-refractivity contribution in [3.8, 4) is 0 Å². The normalized spacial score (nSPS) is 24.9. The lowest BCUT2D eigenvalue weighted by Gasteiger charge is -2.24. The molecule has 0 radical (unpaired) electrons. The van der Waals surface area contributed by atoms with Gasteiger partial charge in [0.1, 0.15) is 5.83 Å². The number of rotatable bonds is 2. The Balaban J connectivity index is 2.35. The monoisotopic (exact) mass is 222 g/mol. The number of ether oxygens (including phenoxy) is 1. The van der Waals surface area contributed by atoms with E-state index in [1.165, 1.54) is 13.2 Å². The zero-order valence-electron chi connectivity index (χ0n) is 8.91. The van der Waals surface area contributed by atoms with E-state index in [2.05, 4.69) is 4.74 Å². The largest absolute Gasteiger partial charge is 0.346 e. The summed E-state index contributed by atoms with van der Waals surface area (Å²) >= 11 is 0. The Morgan fingerprint density at radius 2 is 1.94 bits per heavy atom. The molecule has 0 heterocycles. The molecular formula is C13H12F2O. The summed E-state index contributed by atoms with van der Waals surface area (Å²) in [6.07, 6.45) is 2.23. The van der Waals surface area contributed by atoms with Gasteiger partial charge in [0, 0.05) is 19.6 Å². The van der Waals surface area contributed by atoms with Gasteiger partial charge < -0.3 is 4.74 Å². The predicted molar refractivity (Wildman–Crippen MR) is 59.1 cm³/mol. The van der Waals surface area contributed by atoms with Crippen molar-refractivity contribution in [1.82, 2.24) is 0 Å². The van der Waals surface area contributed by atoms with E-state index in [0.29, 0.717) is 5.57 Å². The van der Waals surface area contributed by atoms with E-state index in [0.717, 1.165) is 11.6 Å². The van der Waals surface area contributed by atoms with Crippen LogP contribution in [-0.2, 0) is 4.74 Å². The van der Waals surface area contributed by atoms with Crippen LogP contribution in [0.4, 0.5) is 8.78 Å². The summed E-state index contributed by atoms with van der Waals surface area (Å²) < 4.78 is 31.9. The lowest BCUT2D eigenvalue weighted by atomic mass is 9.94. The summed E-state index contributed by atoms with van der Waals surface area (Å²) in [5.74, 6) is -2.64. The molecule has 1 aliphatic rings. The number of methoxy groups -OCH3 is 1. The van der Waals surface area contributed by atoms with Crippen LogP contribution in [0.2, 0.25) is 0 Å². The number of allylic oxidation sites excluding steroid dienone is 2. The lowest BCUT2D eigenvalue weighted by molar-refractivity contribution is -0.0762. The van der Waals surface area contributed by atoms with Crippen LogP contribution in [0.5, 0.6) is 0 Å². The highest BCUT2D eigenvalue weighted by Gasteiger charge is 2.32. The maximum Gasteiger partial charge on any atom is 0.235 e. The molecular weight excluding hydrogens is 210 g/mol. The summed E-state index contributed by atoms with van der Waals surface area (Å²) in [6.45, 7) is 0. The third-order valence-corrected chi connectivity index (χ3v) is 2.58. The fourth-order valence-corrected chi connectivity index (χ4v) is 1.74. The Morgan fingerprint density at radius 3 is 2.56 bits per heavy atom. The van der Waals surface area contributed by atoms with Crippen LogP contribution in [0.3, 0.4) is 0 Å². The van der Waals surface area contributed by atoms with Crippen LogP contribution < -0.4 is 0 Å². The molecule has 0 N–H and O–H groups in total. The zero-order valence-corrected chi connectivity index (χ0v) is 8.91. The quantitative estimate of drug-likeness (QED) is 0.742. The molecule has 0 bridgehead atoms. The van der Waals surface area contributed by atoms with Crippen LogP contribution in [0, 0.1) is 0 Å². The van der Waals surface area contributed by atoms with E-state index in [1.54, 1.807) is 0 Å². The second kappa shape index (κ2) is 4.18.